The Morgan fingerprint density at radius 3 is 2.78 bits per heavy atom. The number of para-hydroxylation sites is 1. The molecule has 0 bridgehead atoms. The number of hydrogen-bond donors (Lipinski definition) is 1. The Labute approximate surface area is 131 Å². The van der Waals surface area contributed by atoms with Crippen molar-refractivity contribution in [2.24, 2.45) is 16.8 Å². The third-order valence-corrected chi connectivity index (χ3v) is 4.48. The number of fused-ring (bicyclic) bond motifs is 1. The molecule has 0 saturated heterocycles. The van der Waals surface area contributed by atoms with Crippen LogP contribution in [0.15, 0.2) is 35.5 Å². The molecular formula is C16H13N5O2. The third-order valence-electron chi connectivity index (χ3n) is 4.48. The van der Waals surface area contributed by atoms with Crippen LogP contribution in [0.5, 0.6) is 0 Å². The number of aromatic amines is 1. The predicted molar refractivity (Wildman–Crippen MR) is 82.4 cm³/mol. The van der Waals surface area contributed by atoms with Gasteiger partial charge in [-0.1, -0.05) is 18.2 Å². The molecule has 23 heavy (non-hydrogen) atoms. The number of nitriles is 1. The second-order valence-electron chi connectivity index (χ2n) is 5.89. The van der Waals surface area contributed by atoms with E-state index in [1.165, 1.54) is 6.07 Å². The van der Waals surface area contributed by atoms with E-state index in [1.54, 1.807) is 24.4 Å². The van der Waals surface area contributed by atoms with Crippen LogP contribution in [0.2, 0.25) is 0 Å². The summed E-state index contributed by atoms with van der Waals surface area (Å²) in [7, 11) is 0. The van der Waals surface area contributed by atoms with Crippen molar-refractivity contribution in [1.29, 1.82) is 5.26 Å². The fourth-order valence-electron chi connectivity index (χ4n) is 3.28. The number of H-pyrrole nitrogens is 1. The van der Waals surface area contributed by atoms with Crippen LogP contribution in [0, 0.1) is 33.3 Å². The lowest BCUT2D eigenvalue weighted by molar-refractivity contribution is -0.385. The summed E-state index contributed by atoms with van der Waals surface area (Å²) in [4.78, 5) is 15.6. The molecule has 1 fully saturated rings. The minimum Gasteiger partial charge on any atom is -0.261 e. The van der Waals surface area contributed by atoms with E-state index < -0.39 is 16.8 Å². The van der Waals surface area contributed by atoms with Crippen LogP contribution in [-0.4, -0.2) is 20.8 Å². The molecule has 1 aliphatic carbocycles. The molecule has 2 aromatic rings. The van der Waals surface area contributed by atoms with Gasteiger partial charge in [0.2, 0.25) is 0 Å². The Kier molecular flexibility index (Phi) is 2.98. The van der Waals surface area contributed by atoms with E-state index in [-0.39, 0.29) is 5.69 Å². The molecule has 1 aromatic heterocycles. The average Bonchev–Trinajstić information content (AvgIpc) is 3.30. The van der Waals surface area contributed by atoms with Gasteiger partial charge in [0, 0.05) is 28.8 Å². The highest BCUT2D eigenvalue weighted by Crippen LogP contribution is 2.48. The first kappa shape index (κ1) is 13.6. The fraction of sp³-hybridized carbons (Fsp3) is 0.312. The summed E-state index contributed by atoms with van der Waals surface area (Å²) < 4.78 is 0. The number of nitrogens with one attached hydrogen (secondary N) is 1. The Morgan fingerprint density at radius 2 is 2.09 bits per heavy atom. The summed E-state index contributed by atoms with van der Waals surface area (Å²) >= 11 is 0. The highest BCUT2D eigenvalue weighted by molar-refractivity contribution is 5.97. The molecule has 2 unspecified atom stereocenters. The maximum Gasteiger partial charge on any atom is 0.273 e. The minimum absolute atomic E-state index is 0.0296. The van der Waals surface area contributed by atoms with E-state index in [4.69, 9.17) is 0 Å². The van der Waals surface area contributed by atoms with Gasteiger partial charge in [-0.2, -0.15) is 10.4 Å². The zero-order valence-electron chi connectivity index (χ0n) is 12.1. The number of benzene rings is 1. The Hall–Kier alpha value is -3.01. The lowest BCUT2D eigenvalue weighted by Gasteiger charge is -2.27. The predicted octanol–water partition coefficient (Wildman–Crippen LogP) is 3.09. The molecule has 4 rings (SSSR count). The number of aliphatic imine (C=N–C) groups is 1. The monoisotopic (exact) mass is 307 g/mol. The van der Waals surface area contributed by atoms with Crippen LogP contribution in [0.25, 0.3) is 0 Å². The molecular weight excluding hydrogens is 294 g/mol. The van der Waals surface area contributed by atoms with Gasteiger partial charge in [0.15, 0.2) is 5.82 Å². The van der Waals surface area contributed by atoms with Crippen molar-refractivity contribution in [2.45, 2.75) is 18.8 Å². The number of hydrogen-bond acceptors (Lipinski definition) is 5. The van der Waals surface area contributed by atoms with Crippen molar-refractivity contribution >= 4 is 17.2 Å². The quantitative estimate of drug-likeness (QED) is 0.694. The fourth-order valence-corrected chi connectivity index (χ4v) is 3.28. The molecule has 1 N–H and O–H groups in total. The van der Waals surface area contributed by atoms with Gasteiger partial charge in [-0.15, -0.1) is 0 Å². The first-order valence-electron chi connectivity index (χ1n) is 7.45. The second kappa shape index (κ2) is 5.02. The van der Waals surface area contributed by atoms with Gasteiger partial charge in [0.05, 0.1) is 23.1 Å². The van der Waals surface area contributed by atoms with E-state index in [1.807, 2.05) is 0 Å². The molecule has 0 radical (unpaired) electrons. The van der Waals surface area contributed by atoms with E-state index in [0.29, 0.717) is 17.3 Å². The first-order chi connectivity index (χ1) is 11.2. The summed E-state index contributed by atoms with van der Waals surface area (Å²) in [6, 6.07) is 8.93. The first-order valence-corrected chi connectivity index (χ1v) is 7.45. The van der Waals surface area contributed by atoms with Crippen LogP contribution < -0.4 is 0 Å². The van der Waals surface area contributed by atoms with Gasteiger partial charge in [0.1, 0.15) is 0 Å². The molecule has 7 nitrogen and oxygen atoms in total. The maximum atomic E-state index is 11.4. The molecule has 1 aromatic carbocycles. The van der Waals surface area contributed by atoms with Gasteiger partial charge >= 0.3 is 0 Å². The van der Waals surface area contributed by atoms with Crippen molar-refractivity contribution in [3.05, 3.63) is 51.7 Å². The number of aromatic nitrogens is 2. The molecule has 1 aliphatic heterocycles. The summed E-state index contributed by atoms with van der Waals surface area (Å²) in [5.74, 6) is 0.0140. The molecule has 0 spiro atoms. The smallest absolute Gasteiger partial charge is 0.261 e. The number of nitro groups is 1. The van der Waals surface area contributed by atoms with Gasteiger partial charge in [-0.05, 0) is 18.8 Å². The largest absolute Gasteiger partial charge is 0.273 e. The zero-order chi connectivity index (χ0) is 16.0. The van der Waals surface area contributed by atoms with Gasteiger partial charge in [0.25, 0.3) is 5.69 Å². The molecule has 7 heteroatoms. The van der Waals surface area contributed by atoms with Crippen molar-refractivity contribution in [3.8, 4) is 6.07 Å². The zero-order valence-corrected chi connectivity index (χ0v) is 12.1. The maximum absolute atomic E-state index is 11.4. The van der Waals surface area contributed by atoms with Crippen molar-refractivity contribution in [3.63, 3.8) is 0 Å². The lowest BCUT2D eigenvalue weighted by atomic mass is 9.76. The summed E-state index contributed by atoms with van der Waals surface area (Å²) in [6.07, 6.45) is 3.66. The summed E-state index contributed by atoms with van der Waals surface area (Å²) in [5, 5.41) is 28.0. The highest BCUT2D eigenvalue weighted by atomic mass is 16.6. The van der Waals surface area contributed by atoms with Crippen LogP contribution in [0.1, 0.15) is 29.9 Å². The summed E-state index contributed by atoms with van der Waals surface area (Å²) in [5.41, 5.74) is 2.14. The van der Waals surface area contributed by atoms with E-state index in [9.17, 15) is 15.4 Å². The van der Waals surface area contributed by atoms with Crippen LogP contribution >= 0.6 is 0 Å². The molecule has 2 heterocycles. The van der Waals surface area contributed by atoms with Crippen LogP contribution in [-0.2, 0) is 0 Å². The SMILES string of the molecule is N#CC1C(C2CC2)=Nc2[nH]ncc2C1c1ccccc1[N+](=O)[O-]. The van der Waals surface area contributed by atoms with Crippen molar-refractivity contribution in [1.82, 2.24) is 10.2 Å². The Bertz CT molecular complexity index is 859. The normalized spacial score (nSPS) is 22.8. The van der Waals surface area contributed by atoms with Gasteiger partial charge in [-0.3, -0.25) is 15.2 Å². The lowest BCUT2D eigenvalue weighted by Crippen LogP contribution is -2.27. The molecule has 0 amide bonds. The van der Waals surface area contributed by atoms with Gasteiger partial charge < -0.3 is 0 Å². The third kappa shape index (κ3) is 2.11. The molecule has 114 valence electrons. The number of nitro benzene ring substituents is 1. The molecule has 2 atom stereocenters. The van der Waals surface area contributed by atoms with Crippen LogP contribution in [0.3, 0.4) is 0 Å². The molecule has 1 saturated carbocycles. The topological polar surface area (TPSA) is 108 Å². The van der Waals surface area contributed by atoms with Crippen molar-refractivity contribution < 1.29 is 4.92 Å². The van der Waals surface area contributed by atoms with E-state index in [0.717, 1.165) is 24.1 Å². The number of nitrogens with zero attached hydrogens (tertiary/aromatic N) is 4. The average molecular weight is 307 g/mol. The second-order valence-corrected chi connectivity index (χ2v) is 5.89. The highest BCUT2D eigenvalue weighted by Gasteiger charge is 2.43. The van der Waals surface area contributed by atoms with Gasteiger partial charge in [-0.25, -0.2) is 4.99 Å². The van der Waals surface area contributed by atoms with E-state index >= 15 is 0 Å². The number of rotatable bonds is 3. The Morgan fingerprint density at radius 1 is 1.30 bits per heavy atom. The minimum atomic E-state index is -0.492. The van der Waals surface area contributed by atoms with E-state index in [2.05, 4.69) is 21.3 Å². The summed E-state index contributed by atoms with van der Waals surface area (Å²) in [6.45, 7) is 0. The standard InChI is InChI=1S/C16H13N5O2/c17-7-11-14(10-3-1-2-4-13(10)21(22)23)12-8-18-20-16(12)19-15(11)9-5-6-9/h1-4,8-9,11,14H,5-6H2,(H,18,20). The Balaban J connectivity index is 1.92. The van der Waals surface area contributed by atoms with Crippen LogP contribution in [0.4, 0.5) is 11.5 Å². The molecule has 2 aliphatic rings. The van der Waals surface area contributed by atoms with Crippen molar-refractivity contribution in [2.75, 3.05) is 0 Å².